The van der Waals surface area contributed by atoms with E-state index in [-0.39, 0.29) is 5.92 Å². The maximum absolute atomic E-state index is 11.5. The van der Waals surface area contributed by atoms with Crippen molar-refractivity contribution >= 4 is 5.78 Å². The summed E-state index contributed by atoms with van der Waals surface area (Å²) in [5.74, 6) is 1.28. The minimum absolute atomic E-state index is 0.265. The standard InChI is InChI=1S/C15H20O/c1-10-6-11(2)8-13(7-10)9-14-4-5-15(16)12(14)3/h6-8,12,14H,4-5,9H2,1-3H3. The number of hydrogen-bond acceptors (Lipinski definition) is 1. The lowest BCUT2D eigenvalue weighted by atomic mass is 9.89. The lowest BCUT2D eigenvalue weighted by molar-refractivity contribution is -0.120. The van der Waals surface area contributed by atoms with Crippen molar-refractivity contribution in [1.29, 1.82) is 0 Å². The SMILES string of the molecule is Cc1cc(C)cc(CC2CCC(=O)C2C)c1. The molecule has 0 spiro atoms. The van der Waals surface area contributed by atoms with Crippen LogP contribution in [0.15, 0.2) is 18.2 Å². The molecule has 1 aromatic rings. The Balaban J connectivity index is 2.12. The molecule has 1 fully saturated rings. The molecule has 2 atom stereocenters. The molecule has 0 bridgehead atoms. The van der Waals surface area contributed by atoms with Crippen LogP contribution in [0.5, 0.6) is 0 Å². The highest BCUT2D eigenvalue weighted by Gasteiger charge is 2.30. The zero-order valence-corrected chi connectivity index (χ0v) is 10.4. The van der Waals surface area contributed by atoms with Gasteiger partial charge in [0.2, 0.25) is 0 Å². The Morgan fingerprint density at radius 2 is 1.81 bits per heavy atom. The number of Topliss-reactive ketones (excluding diaryl/α,β-unsaturated/α-hetero) is 1. The predicted molar refractivity (Wildman–Crippen MR) is 66.5 cm³/mol. The van der Waals surface area contributed by atoms with Crippen LogP contribution in [0.2, 0.25) is 0 Å². The van der Waals surface area contributed by atoms with Gasteiger partial charge in [0.1, 0.15) is 5.78 Å². The van der Waals surface area contributed by atoms with Gasteiger partial charge in [0, 0.05) is 12.3 Å². The molecule has 1 aliphatic carbocycles. The molecule has 0 saturated heterocycles. The van der Waals surface area contributed by atoms with E-state index in [1.54, 1.807) is 0 Å². The number of hydrogen-bond donors (Lipinski definition) is 0. The van der Waals surface area contributed by atoms with Crippen LogP contribution in [0, 0.1) is 25.7 Å². The van der Waals surface area contributed by atoms with Gasteiger partial charge in [-0.2, -0.15) is 0 Å². The molecular weight excluding hydrogens is 196 g/mol. The predicted octanol–water partition coefficient (Wildman–Crippen LogP) is 3.46. The van der Waals surface area contributed by atoms with Crippen LogP contribution in [0.1, 0.15) is 36.5 Å². The molecule has 0 aliphatic heterocycles. The number of benzene rings is 1. The van der Waals surface area contributed by atoms with Crippen LogP contribution in [0.3, 0.4) is 0 Å². The molecule has 0 N–H and O–H groups in total. The molecule has 2 rings (SSSR count). The second-order valence-electron chi connectivity index (χ2n) is 5.25. The fourth-order valence-electron chi connectivity index (χ4n) is 2.84. The summed E-state index contributed by atoms with van der Waals surface area (Å²) in [5.41, 5.74) is 4.04. The molecule has 1 nitrogen and oxygen atoms in total. The maximum atomic E-state index is 11.5. The van der Waals surface area contributed by atoms with Crippen LogP contribution in [-0.4, -0.2) is 5.78 Å². The van der Waals surface area contributed by atoms with E-state index < -0.39 is 0 Å². The summed E-state index contributed by atoms with van der Waals surface area (Å²) in [6.07, 6.45) is 2.93. The summed E-state index contributed by atoms with van der Waals surface area (Å²) in [6, 6.07) is 6.71. The summed E-state index contributed by atoms with van der Waals surface area (Å²) in [5, 5.41) is 0. The number of rotatable bonds is 2. The minimum Gasteiger partial charge on any atom is -0.299 e. The summed E-state index contributed by atoms with van der Waals surface area (Å²) in [4.78, 5) is 11.5. The van der Waals surface area contributed by atoms with Gasteiger partial charge in [-0.05, 0) is 38.2 Å². The van der Waals surface area contributed by atoms with E-state index in [1.807, 2.05) is 0 Å². The van der Waals surface area contributed by atoms with E-state index in [0.29, 0.717) is 11.7 Å². The summed E-state index contributed by atoms with van der Waals surface area (Å²) in [7, 11) is 0. The molecule has 0 aromatic heterocycles. The third kappa shape index (κ3) is 2.34. The first-order valence-corrected chi connectivity index (χ1v) is 6.16. The number of ketones is 1. The van der Waals surface area contributed by atoms with E-state index in [9.17, 15) is 4.79 Å². The second kappa shape index (κ2) is 4.40. The van der Waals surface area contributed by atoms with Gasteiger partial charge in [0.15, 0.2) is 0 Å². The van der Waals surface area contributed by atoms with Crippen molar-refractivity contribution in [2.75, 3.05) is 0 Å². The van der Waals surface area contributed by atoms with E-state index in [1.165, 1.54) is 16.7 Å². The van der Waals surface area contributed by atoms with E-state index in [2.05, 4.69) is 39.0 Å². The fraction of sp³-hybridized carbons (Fsp3) is 0.533. The number of carbonyl (C=O) groups is 1. The van der Waals surface area contributed by atoms with E-state index >= 15 is 0 Å². The zero-order chi connectivity index (χ0) is 11.7. The van der Waals surface area contributed by atoms with Crippen molar-refractivity contribution in [2.24, 2.45) is 11.8 Å². The third-order valence-electron chi connectivity index (χ3n) is 3.76. The molecule has 1 saturated carbocycles. The Kier molecular flexibility index (Phi) is 3.13. The Bertz CT molecular complexity index is 386. The van der Waals surface area contributed by atoms with Gasteiger partial charge < -0.3 is 0 Å². The fourth-order valence-corrected chi connectivity index (χ4v) is 2.84. The molecule has 0 radical (unpaired) electrons. The van der Waals surface area contributed by atoms with Crippen LogP contribution in [0.4, 0.5) is 0 Å². The largest absolute Gasteiger partial charge is 0.299 e. The van der Waals surface area contributed by atoms with Crippen molar-refractivity contribution in [2.45, 2.75) is 40.0 Å². The van der Waals surface area contributed by atoms with Crippen LogP contribution in [0.25, 0.3) is 0 Å². The molecule has 0 amide bonds. The summed E-state index contributed by atoms with van der Waals surface area (Å²) in [6.45, 7) is 6.36. The number of aryl methyl sites for hydroxylation is 2. The van der Waals surface area contributed by atoms with Crippen molar-refractivity contribution < 1.29 is 4.79 Å². The quantitative estimate of drug-likeness (QED) is 0.740. The lowest BCUT2D eigenvalue weighted by Gasteiger charge is -2.14. The Hall–Kier alpha value is -1.11. The highest BCUT2D eigenvalue weighted by Crippen LogP contribution is 2.31. The second-order valence-corrected chi connectivity index (χ2v) is 5.25. The molecule has 2 unspecified atom stereocenters. The molecule has 1 heteroatoms. The lowest BCUT2D eigenvalue weighted by Crippen LogP contribution is -2.12. The van der Waals surface area contributed by atoms with Gasteiger partial charge in [-0.3, -0.25) is 4.79 Å². The van der Waals surface area contributed by atoms with Crippen LogP contribution >= 0.6 is 0 Å². The molecule has 1 aliphatic rings. The average Bonchev–Trinajstić information content (AvgIpc) is 2.48. The molecular formula is C15H20O. The van der Waals surface area contributed by atoms with Crippen molar-refractivity contribution in [1.82, 2.24) is 0 Å². The number of carbonyl (C=O) groups excluding carboxylic acids is 1. The highest BCUT2D eigenvalue weighted by atomic mass is 16.1. The molecule has 16 heavy (non-hydrogen) atoms. The van der Waals surface area contributed by atoms with E-state index in [0.717, 1.165) is 19.3 Å². The first-order chi connectivity index (χ1) is 7.56. The van der Waals surface area contributed by atoms with Crippen molar-refractivity contribution in [3.05, 3.63) is 34.9 Å². The zero-order valence-electron chi connectivity index (χ0n) is 10.4. The maximum Gasteiger partial charge on any atom is 0.135 e. The summed E-state index contributed by atoms with van der Waals surface area (Å²) < 4.78 is 0. The Labute approximate surface area is 97.9 Å². The van der Waals surface area contributed by atoms with Crippen LogP contribution in [-0.2, 0) is 11.2 Å². The monoisotopic (exact) mass is 216 g/mol. The van der Waals surface area contributed by atoms with Crippen molar-refractivity contribution in [3.63, 3.8) is 0 Å². The first kappa shape index (κ1) is 11.4. The molecule has 86 valence electrons. The normalized spacial score (nSPS) is 25.1. The minimum atomic E-state index is 0.265. The molecule has 1 aromatic carbocycles. The van der Waals surface area contributed by atoms with Gasteiger partial charge >= 0.3 is 0 Å². The smallest absolute Gasteiger partial charge is 0.135 e. The van der Waals surface area contributed by atoms with Gasteiger partial charge in [-0.15, -0.1) is 0 Å². The Morgan fingerprint density at radius 1 is 1.19 bits per heavy atom. The average molecular weight is 216 g/mol. The van der Waals surface area contributed by atoms with Crippen molar-refractivity contribution in [3.8, 4) is 0 Å². The third-order valence-corrected chi connectivity index (χ3v) is 3.76. The molecule has 0 heterocycles. The van der Waals surface area contributed by atoms with E-state index in [4.69, 9.17) is 0 Å². The van der Waals surface area contributed by atoms with Gasteiger partial charge in [0.25, 0.3) is 0 Å². The topological polar surface area (TPSA) is 17.1 Å². The first-order valence-electron chi connectivity index (χ1n) is 6.16. The van der Waals surface area contributed by atoms with Gasteiger partial charge in [0.05, 0.1) is 0 Å². The van der Waals surface area contributed by atoms with Gasteiger partial charge in [-0.25, -0.2) is 0 Å². The Morgan fingerprint density at radius 3 is 2.31 bits per heavy atom. The highest BCUT2D eigenvalue weighted by molar-refractivity contribution is 5.83. The summed E-state index contributed by atoms with van der Waals surface area (Å²) >= 11 is 0. The van der Waals surface area contributed by atoms with Crippen LogP contribution < -0.4 is 0 Å². The van der Waals surface area contributed by atoms with Gasteiger partial charge in [-0.1, -0.05) is 36.2 Å².